The summed E-state index contributed by atoms with van der Waals surface area (Å²) in [6, 6.07) is 8.45. The van der Waals surface area contributed by atoms with Crippen molar-refractivity contribution in [2.75, 3.05) is 19.6 Å². The third kappa shape index (κ3) is 5.62. The molecule has 1 aromatic heterocycles. The van der Waals surface area contributed by atoms with E-state index >= 15 is 0 Å². The number of unbranched alkanes of at least 4 members (excludes halogenated alkanes) is 1. The molecule has 0 bridgehead atoms. The summed E-state index contributed by atoms with van der Waals surface area (Å²) in [6.07, 6.45) is 4.08. The lowest BCUT2D eigenvalue weighted by molar-refractivity contribution is -0.126. The van der Waals surface area contributed by atoms with Crippen molar-refractivity contribution in [2.24, 2.45) is 5.92 Å². The average Bonchev–Trinajstić information content (AvgIpc) is 3.27. The Kier molecular flexibility index (Phi) is 7.49. The number of rotatable bonds is 7. The molecule has 2 N–H and O–H groups in total. The van der Waals surface area contributed by atoms with Crippen LogP contribution in [0.1, 0.15) is 49.0 Å². The number of aryl methyl sites for hydroxylation is 1. The molecule has 2 unspecified atom stereocenters. The Bertz CT molecular complexity index is 853. The van der Waals surface area contributed by atoms with Crippen LogP contribution in [0, 0.1) is 18.7 Å². The first-order chi connectivity index (χ1) is 14.5. The zero-order valence-electron chi connectivity index (χ0n) is 17.6. The zero-order valence-corrected chi connectivity index (χ0v) is 17.6. The second kappa shape index (κ2) is 10.3. The minimum absolute atomic E-state index is 0.0330. The molecule has 1 aromatic carbocycles. The summed E-state index contributed by atoms with van der Waals surface area (Å²) in [5.41, 5.74) is 1.51. The largest absolute Gasteiger partial charge is 0.467 e. The third-order valence-corrected chi connectivity index (χ3v) is 5.59. The van der Waals surface area contributed by atoms with Gasteiger partial charge in [-0.2, -0.15) is 0 Å². The summed E-state index contributed by atoms with van der Waals surface area (Å²) in [6.45, 7) is 5.58. The summed E-state index contributed by atoms with van der Waals surface area (Å²) in [4.78, 5) is 27.2. The minimum Gasteiger partial charge on any atom is -0.467 e. The summed E-state index contributed by atoms with van der Waals surface area (Å²) in [5.74, 6) is -0.0628. The Labute approximate surface area is 176 Å². The van der Waals surface area contributed by atoms with Gasteiger partial charge in [-0.3, -0.25) is 4.79 Å². The van der Waals surface area contributed by atoms with Gasteiger partial charge in [0.2, 0.25) is 5.91 Å². The maximum atomic E-state index is 13.7. The lowest BCUT2D eigenvalue weighted by Gasteiger charge is -2.37. The van der Waals surface area contributed by atoms with Gasteiger partial charge in [0.1, 0.15) is 11.6 Å². The molecule has 0 saturated carbocycles. The van der Waals surface area contributed by atoms with E-state index in [2.05, 4.69) is 17.6 Å². The fourth-order valence-corrected chi connectivity index (χ4v) is 3.83. The second-order valence-electron chi connectivity index (χ2n) is 7.93. The smallest absolute Gasteiger partial charge is 0.317 e. The van der Waals surface area contributed by atoms with E-state index in [9.17, 15) is 14.0 Å². The molecule has 1 aliphatic rings. The van der Waals surface area contributed by atoms with E-state index in [-0.39, 0.29) is 29.6 Å². The van der Waals surface area contributed by atoms with Crippen LogP contribution in [-0.4, -0.2) is 36.5 Å². The third-order valence-electron chi connectivity index (χ3n) is 5.59. The van der Waals surface area contributed by atoms with Crippen LogP contribution < -0.4 is 10.6 Å². The first kappa shape index (κ1) is 21.9. The number of hydrogen-bond donors (Lipinski definition) is 2. The van der Waals surface area contributed by atoms with Crippen molar-refractivity contribution < 1.29 is 18.4 Å². The summed E-state index contributed by atoms with van der Waals surface area (Å²) in [7, 11) is 0. The number of furan rings is 1. The molecule has 1 aliphatic heterocycles. The molecule has 1 fully saturated rings. The van der Waals surface area contributed by atoms with Crippen LogP contribution in [0.5, 0.6) is 0 Å². The quantitative estimate of drug-likeness (QED) is 0.672. The van der Waals surface area contributed by atoms with Gasteiger partial charge in [0.05, 0.1) is 18.7 Å². The van der Waals surface area contributed by atoms with E-state index < -0.39 is 0 Å². The maximum absolute atomic E-state index is 13.7. The average molecular weight is 416 g/mol. The molecule has 2 atom stereocenters. The lowest BCUT2D eigenvalue weighted by Crippen LogP contribution is -2.51. The monoisotopic (exact) mass is 415 g/mol. The molecule has 0 aliphatic carbocycles. The molecule has 6 nitrogen and oxygen atoms in total. The highest BCUT2D eigenvalue weighted by Crippen LogP contribution is 2.31. The van der Waals surface area contributed by atoms with Crippen molar-refractivity contribution in [1.82, 2.24) is 15.5 Å². The number of halogens is 1. The van der Waals surface area contributed by atoms with Crippen LogP contribution in [-0.2, 0) is 11.3 Å². The Morgan fingerprint density at radius 1 is 1.23 bits per heavy atom. The molecule has 3 amide bonds. The van der Waals surface area contributed by atoms with Gasteiger partial charge in [-0.15, -0.1) is 0 Å². The van der Waals surface area contributed by atoms with Gasteiger partial charge in [-0.25, -0.2) is 9.18 Å². The first-order valence-corrected chi connectivity index (χ1v) is 10.6. The van der Waals surface area contributed by atoms with Crippen LogP contribution in [0.2, 0.25) is 0 Å². The molecule has 0 radical (unpaired) electrons. The molecule has 3 rings (SSSR count). The van der Waals surface area contributed by atoms with Gasteiger partial charge in [0, 0.05) is 25.6 Å². The van der Waals surface area contributed by atoms with E-state index in [0.29, 0.717) is 43.9 Å². The van der Waals surface area contributed by atoms with Crippen LogP contribution in [0.25, 0.3) is 0 Å². The summed E-state index contributed by atoms with van der Waals surface area (Å²) in [5, 5.41) is 5.85. The topological polar surface area (TPSA) is 74.6 Å². The van der Waals surface area contributed by atoms with Crippen LogP contribution in [0.15, 0.2) is 41.0 Å². The number of benzene rings is 1. The van der Waals surface area contributed by atoms with Crippen molar-refractivity contribution in [3.63, 3.8) is 0 Å². The van der Waals surface area contributed by atoms with Gasteiger partial charge in [-0.1, -0.05) is 25.5 Å². The Morgan fingerprint density at radius 2 is 2.07 bits per heavy atom. The first-order valence-electron chi connectivity index (χ1n) is 10.6. The SMILES string of the molecule is CCCCNC(=O)N1CC(C(=O)NCc2ccco2)CC(c2ccc(F)c(C)c2)C1. The number of urea groups is 1. The number of nitrogens with zero attached hydrogens (tertiary/aromatic N) is 1. The van der Waals surface area contributed by atoms with Crippen molar-refractivity contribution in [1.29, 1.82) is 0 Å². The predicted molar refractivity (Wildman–Crippen MR) is 112 cm³/mol. The maximum Gasteiger partial charge on any atom is 0.317 e. The number of amides is 3. The van der Waals surface area contributed by atoms with Gasteiger partial charge in [0.15, 0.2) is 0 Å². The van der Waals surface area contributed by atoms with Gasteiger partial charge in [-0.05, 0) is 49.1 Å². The van der Waals surface area contributed by atoms with E-state index in [1.807, 2.05) is 6.07 Å². The highest BCUT2D eigenvalue weighted by Gasteiger charge is 2.34. The molecule has 2 aromatic rings. The number of piperidine rings is 1. The van der Waals surface area contributed by atoms with Gasteiger partial charge < -0.3 is 20.0 Å². The number of carbonyl (C=O) groups is 2. The molecule has 1 saturated heterocycles. The van der Waals surface area contributed by atoms with E-state index in [1.54, 1.807) is 36.3 Å². The second-order valence-corrected chi connectivity index (χ2v) is 7.93. The van der Waals surface area contributed by atoms with Gasteiger partial charge >= 0.3 is 6.03 Å². The van der Waals surface area contributed by atoms with Gasteiger partial charge in [0.25, 0.3) is 0 Å². The highest BCUT2D eigenvalue weighted by atomic mass is 19.1. The summed E-state index contributed by atoms with van der Waals surface area (Å²) < 4.78 is 19.0. The standard InChI is InChI=1S/C23H30FN3O3/c1-3-4-9-25-23(29)27-14-18(17-7-8-21(24)16(2)11-17)12-19(15-27)22(28)26-13-20-6-5-10-30-20/h5-8,10-11,18-19H,3-4,9,12-15H2,1-2H3,(H,25,29)(H,26,28). The van der Waals surface area contributed by atoms with E-state index in [1.165, 1.54) is 6.07 Å². The summed E-state index contributed by atoms with van der Waals surface area (Å²) >= 11 is 0. The van der Waals surface area contributed by atoms with Crippen molar-refractivity contribution in [3.05, 3.63) is 59.3 Å². The fraction of sp³-hybridized carbons (Fsp3) is 0.478. The van der Waals surface area contributed by atoms with Crippen LogP contribution >= 0.6 is 0 Å². The zero-order chi connectivity index (χ0) is 21.5. The van der Waals surface area contributed by atoms with Crippen molar-refractivity contribution in [2.45, 2.75) is 45.6 Å². The molecular weight excluding hydrogens is 385 g/mol. The number of nitrogens with one attached hydrogen (secondary N) is 2. The molecular formula is C23H30FN3O3. The molecule has 162 valence electrons. The Balaban J connectivity index is 1.72. The fourth-order valence-electron chi connectivity index (χ4n) is 3.83. The lowest BCUT2D eigenvalue weighted by atomic mass is 9.83. The number of carbonyl (C=O) groups excluding carboxylic acids is 2. The Morgan fingerprint density at radius 3 is 2.77 bits per heavy atom. The molecule has 0 spiro atoms. The van der Waals surface area contributed by atoms with E-state index in [4.69, 9.17) is 4.42 Å². The highest BCUT2D eigenvalue weighted by molar-refractivity contribution is 5.81. The number of likely N-dealkylation sites (tertiary alicyclic amines) is 1. The number of hydrogen-bond acceptors (Lipinski definition) is 3. The van der Waals surface area contributed by atoms with Crippen LogP contribution in [0.3, 0.4) is 0 Å². The van der Waals surface area contributed by atoms with E-state index in [0.717, 1.165) is 18.4 Å². The molecule has 30 heavy (non-hydrogen) atoms. The minimum atomic E-state index is -0.346. The van der Waals surface area contributed by atoms with Crippen LogP contribution in [0.4, 0.5) is 9.18 Å². The van der Waals surface area contributed by atoms with Crippen molar-refractivity contribution in [3.8, 4) is 0 Å². The predicted octanol–water partition coefficient (Wildman–Crippen LogP) is 3.96. The normalized spacial score (nSPS) is 18.8. The molecule has 7 heteroatoms. The molecule has 2 heterocycles. The van der Waals surface area contributed by atoms with Crippen molar-refractivity contribution >= 4 is 11.9 Å². The Hall–Kier alpha value is -2.83.